The Morgan fingerprint density at radius 2 is 2.16 bits per heavy atom. The number of benzene rings is 2. The van der Waals surface area contributed by atoms with Crippen LogP contribution in [-0.4, -0.2) is 17.5 Å². The number of aromatic nitrogens is 1. The van der Waals surface area contributed by atoms with E-state index in [1.54, 1.807) is 6.07 Å². The maximum absolute atomic E-state index is 12.2. The first-order chi connectivity index (χ1) is 12.0. The number of ether oxygens (including phenoxy) is 1. The van der Waals surface area contributed by atoms with Crippen molar-refractivity contribution in [1.82, 2.24) is 4.98 Å². The van der Waals surface area contributed by atoms with Gasteiger partial charge in [-0.25, -0.2) is 10.8 Å². The van der Waals surface area contributed by atoms with Crippen LogP contribution in [0, 0.1) is 13.8 Å². The van der Waals surface area contributed by atoms with Crippen molar-refractivity contribution in [2.75, 3.05) is 17.3 Å². The number of anilines is 2. The van der Waals surface area contributed by atoms with Crippen molar-refractivity contribution >= 4 is 54.2 Å². The fourth-order valence-electron chi connectivity index (χ4n) is 2.34. The van der Waals surface area contributed by atoms with Gasteiger partial charge in [0.2, 0.25) is 0 Å². The van der Waals surface area contributed by atoms with E-state index in [0.29, 0.717) is 16.6 Å². The number of hydrogen-bond acceptors (Lipinski definition) is 6. The number of halogens is 1. The number of hydrazine groups is 1. The summed E-state index contributed by atoms with van der Waals surface area (Å²) in [5, 5.41) is 3.45. The minimum absolute atomic E-state index is 0.0573. The molecule has 25 heavy (non-hydrogen) atoms. The Hall–Kier alpha value is -2.16. The molecular formula is C17H17BrN4O2S. The summed E-state index contributed by atoms with van der Waals surface area (Å²) in [5.41, 5.74) is 6.15. The van der Waals surface area contributed by atoms with E-state index in [9.17, 15) is 4.79 Å². The summed E-state index contributed by atoms with van der Waals surface area (Å²) in [6, 6.07) is 9.44. The van der Waals surface area contributed by atoms with Crippen LogP contribution in [0.1, 0.15) is 11.1 Å². The molecule has 0 radical (unpaired) electrons. The van der Waals surface area contributed by atoms with Gasteiger partial charge in [-0.05, 0) is 59.1 Å². The third-order valence-electron chi connectivity index (χ3n) is 3.77. The fourth-order valence-corrected chi connectivity index (χ4v) is 3.87. The van der Waals surface area contributed by atoms with Gasteiger partial charge in [-0.1, -0.05) is 23.5 Å². The second-order valence-electron chi connectivity index (χ2n) is 5.50. The molecule has 2 aromatic carbocycles. The number of hydrogen-bond donors (Lipinski definition) is 3. The lowest BCUT2D eigenvalue weighted by atomic mass is 10.1. The zero-order valence-electron chi connectivity index (χ0n) is 13.7. The summed E-state index contributed by atoms with van der Waals surface area (Å²) in [7, 11) is 0. The van der Waals surface area contributed by atoms with E-state index in [1.807, 2.05) is 38.1 Å². The van der Waals surface area contributed by atoms with Gasteiger partial charge in [-0.3, -0.25) is 10.2 Å². The predicted octanol–water partition coefficient (Wildman–Crippen LogP) is 3.98. The number of carbonyl (C=O) groups excluding carboxylic acids is 1. The molecule has 8 heteroatoms. The first-order valence-corrected chi connectivity index (χ1v) is 9.14. The molecule has 0 spiro atoms. The highest BCUT2D eigenvalue weighted by molar-refractivity contribution is 9.10. The highest BCUT2D eigenvalue weighted by Crippen LogP contribution is 2.33. The summed E-state index contributed by atoms with van der Waals surface area (Å²) in [6.07, 6.45) is 0. The number of nitrogens with zero attached hydrogens (tertiary/aromatic N) is 1. The normalized spacial score (nSPS) is 10.7. The highest BCUT2D eigenvalue weighted by atomic mass is 79.9. The molecule has 6 nitrogen and oxygen atoms in total. The van der Waals surface area contributed by atoms with Crippen LogP contribution >= 0.6 is 27.3 Å². The molecule has 0 fully saturated rings. The predicted molar refractivity (Wildman–Crippen MR) is 105 cm³/mol. The fraction of sp³-hybridized carbons (Fsp3) is 0.176. The molecule has 0 aliphatic heterocycles. The number of nitrogen functional groups attached to an aromatic ring is 1. The van der Waals surface area contributed by atoms with Crippen molar-refractivity contribution in [1.29, 1.82) is 0 Å². The standard InChI is InChI=1S/C17H17BrN4O2S/c1-9-4-3-5-13(10(9)2)24-8-15(23)20-11-6-12(18)16-14(7-11)25-17(21-16)22-19/h3-7H,8,19H2,1-2H3,(H,20,23)(H,21,22). The molecule has 0 saturated heterocycles. The minimum Gasteiger partial charge on any atom is -0.483 e. The number of aryl methyl sites for hydroxylation is 1. The molecule has 0 bridgehead atoms. The summed E-state index contributed by atoms with van der Waals surface area (Å²) in [5.74, 6) is 5.88. The van der Waals surface area contributed by atoms with Gasteiger partial charge in [0.25, 0.3) is 5.91 Å². The Balaban J connectivity index is 1.70. The Labute approximate surface area is 157 Å². The van der Waals surface area contributed by atoms with Crippen molar-refractivity contribution < 1.29 is 9.53 Å². The monoisotopic (exact) mass is 420 g/mol. The van der Waals surface area contributed by atoms with Crippen molar-refractivity contribution in [2.45, 2.75) is 13.8 Å². The highest BCUT2D eigenvalue weighted by Gasteiger charge is 2.11. The molecule has 0 atom stereocenters. The Morgan fingerprint density at radius 3 is 2.92 bits per heavy atom. The van der Waals surface area contributed by atoms with E-state index in [4.69, 9.17) is 10.6 Å². The topological polar surface area (TPSA) is 89.3 Å². The third kappa shape index (κ3) is 3.92. The molecule has 0 aliphatic rings. The van der Waals surface area contributed by atoms with Crippen molar-refractivity contribution in [3.63, 3.8) is 0 Å². The molecule has 3 rings (SSSR count). The Bertz CT molecular complexity index is 942. The summed E-state index contributed by atoms with van der Waals surface area (Å²) in [6.45, 7) is 3.92. The molecule has 130 valence electrons. The quantitative estimate of drug-likeness (QED) is 0.429. The van der Waals surface area contributed by atoms with Crippen LogP contribution < -0.4 is 21.3 Å². The van der Waals surface area contributed by atoms with Gasteiger partial charge < -0.3 is 10.1 Å². The average molecular weight is 421 g/mol. The average Bonchev–Trinajstić information content (AvgIpc) is 3.00. The lowest BCUT2D eigenvalue weighted by molar-refractivity contribution is -0.118. The molecule has 3 aromatic rings. The number of amides is 1. The number of nitrogens with one attached hydrogen (secondary N) is 2. The number of nitrogens with two attached hydrogens (primary N) is 1. The second-order valence-corrected chi connectivity index (χ2v) is 7.39. The number of thiazole rings is 1. The van der Waals surface area contributed by atoms with Crippen molar-refractivity contribution in [3.05, 3.63) is 45.9 Å². The summed E-state index contributed by atoms with van der Waals surface area (Å²) in [4.78, 5) is 16.5. The smallest absolute Gasteiger partial charge is 0.262 e. The lowest BCUT2D eigenvalue weighted by Gasteiger charge is -2.11. The van der Waals surface area contributed by atoms with E-state index < -0.39 is 0 Å². The SMILES string of the molecule is Cc1cccc(OCC(=O)Nc2cc(Br)c3nc(NN)sc3c2)c1C. The van der Waals surface area contributed by atoms with Crippen LogP contribution in [0.5, 0.6) is 5.75 Å². The van der Waals surface area contributed by atoms with Gasteiger partial charge in [-0.2, -0.15) is 0 Å². The van der Waals surface area contributed by atoms with E-state index >= 15 is 0 Å². The molecule has 1 heterocycles. The van der Waals surface area contributed by atoms with Crippen molar-refractivity contribution in [3.8, 4) is 5.75 Å². The van der Waals surface area contributed by atoms with Gasteiger partial charge in [0, 0.05) is 10.2 Å². The van der Waals surface area contributed by atoms with Crippen molar-refractivity contribution in [2.24, 2.45) is 5.84 Å². The van der Waals surface area contributed by atoms with Crippen LogP contribution in [0.2, 0.25) is 0 Å². The first-order valence-electron chi connectivity index (χ1n) is 7.53. The van der Waals surface area contributed by atoms with E-state index in [1.165, 1.54) is 11.3 Å². The van der Waals surface area contributed by atoms with Crippen LogP contribution in [-0.2, 0) is 4.79 Å². The van der Waals surface area contributed by atoms with Crippen LogP contribution in [0.4, 0.5) is 10.8 Å². The zero-order chi connectivity index (χ0) is 18.0. The molecule has 1 amide bonds. The lowest BCUT2D eigenvalue weighted by Crippen LogP contribution is -2.20. The van der Waals surface area contributed by atoms with Gasteiger partial charge in [-0.15, -0.1) is 0 Å². The molecule has 1 aromatic heterocycles. The number of rotatable bonds is 5. The zero-order valence-corrected chi connectivity index (χ0v) is 16.1. The largest absolute Gasteiger partial charge is 0.483 e. The number of fused-ring (bicyclic) bond motifs is 1. The summed E-state index contributed by atoms with van der Waals surface area (Å²) < 4.78 is 7.33. The minimum atomic E-state index is -0.228. The third-order valence-corrected chi connectivity index (χ3v) is 5.31. The molecule has 0 saturated carbocycles. The molecule has 0 unspecified atom stereocenters. The van der Waals surface area contributed by atoms with Crippen LogP contribution in [0.3, 0.4) is 0 Å². The van der Waals surface area contributed by atoms with Gasteiger partial charge in [0.15, 0.2) is 11.7 Å². The van der Waals surface area contributed by atoms with Gasteiger partial charge in [0.05, 0.1) is 10.2 Å². The first kappa shape index (κ1) is 17.7. The maximum Gasteiger partial charge on any atom is 0.262 e. The summed E-state index contributed by atoms with van der Waals surface area (Å²) >= 11 is 4.87. The van der Waals surface area contributed by atoms with E-state index in [0.717, 1.165) is 25.8 Å². The van der Waals surface area contributed by atoms with Gasteiger partial charge >= 0.3 is 0 Å². The van der Waals surface area contributed by atoms with Crippen LogP contribution in [0.15, 0.2) is 34.8 Å². The number of carbonyl (C=O) groups is 1. The maximum atomic E-state index is 12.2. The molecule has 4 N–H and O–H groups in total. The van der Waals surface area contributed by atoms with Crippen LogP contribution in [0.25, 0.3) is 10.2 Å². The van der Waals surface area contributed by atoms with Gasteiger partial charge in [0.1, 0.15) is 5.75 Å². The van der Waals surface area contributed by atoms with E-state index in [2.05, 4.69) is 31.7 Å². The van der Waals surface area contributed by atoms with E-state index in [-0.39, 0.29) is 12.5 Å². The Morgan fingerprint density at radius 1 is 1.36 bits per heavy atom. The molecular weight excluding hydrogens is 404 g/mol. The second kappa shape index (κ2) is 7.38. The Kier molecular flexibility index (Phi) is 5.22. The molecule has 0 aliphatic carbocycles.